The van der Waals surface area contributed by atoms with Crippen LogP contribution in [0.4, 0.5) is 5.82 Å². The highest BCUT2D eigenvalue weighted by Gasteiger charge is 2.37. The van der Waals surface area contributed by atoms with Crippen molar-refractivity contribution < 1.29 is 4.79 Å². The number of benzene rings is 1. The quantitative estimate of drug-likeness (QED) is 0.390. The van der Waals surface area contributed by atoms with Crippen molar-refractivity contribution in [3.63, 3.8) is 0 Å². The SMILES string of the molecule is CN(C)CCNC(=O)c1ccc(SN2C=C(Nc3cc(C4CC4)[nH]n3)[N+]3C=CN=C3C2)cc1. The standard InChI is InChI=1S/C23H28N8OS/c1-29(2)11-9-25-23(32)17-5-7-18(8-6-17)33-30-14-21-24-10-12-31(21)22(15-30)26-20-13-19(27-28-20)16-3-4-16/h5-8,10,12-13,15-16H,3-4,9,11,14H2,1-2H3,(H,25,32)(H2,26,27,28)/q+1. The van der Waals surface area contributed by atoms with Gasteiger partial charge in [0, 0.05) is 41.2 Å². The van der Waals surface area contributed by atoms with Crippen molar-refractivity contribution in [3.05, 3.63) is 66.0 Å². The highest BCUT2D eigenvalue weighted by atomic mass is 32.2. The molecule has 33 heavy (non-hydrogen) atoms. The van der Waals surface area contributed by atoms with Crippen LogP contribution in [0.1, 0.15) is 34.8 Å². The van der Waals surface area contributed by atoms with Crippen LogP contribution in [-0.4, -0.2) is 64.9 Å². The Morgan fingerprint density at radius 3 is 2.88 bits per heavy atom. The molecule has 0 spiro atoms. The normalized spacial score (nSPS) is 17.7. The highest BCUT2D eigenvalue weighted by Crippen LogP contribution is 2.39. The largest absolute Gasteiger partial charge is 0.351 e. The summed E-state index contributed by atoms with van der Waals surface area (Å²) in [5, 5.41) is 13.9. The van der Waals surface area contributed by atoms with Gasteiger partial charge in [-0.2, -0.15) is 10.1 Å². The fourth-order valence-corrected chi connectivity index (χ4v) is 4.50. The first kappa shape index (κ1) is 21.7. The minimum Gasteiger partial charge on any atom is -0.351 e. The van der Waals surface area contributed by atoms with Gasteiger partial charge in [-0.15, -0.1) is 0 Å². The van der Waals surface area contributed by atoms with Gasteiger partial charge in [-0.1, -0.05) is 0 Å². The first-order chi connectivity index (χ1) is 16.0. The van der Waals surface area contributed by atoms with Gasteiger partial charge < -0.3 is 10.2 Å². The lowest BCUT2D eigenvalue weighted by molar-refractivity contribution is 0.0951. The Balaban J connectivity index is 1.24. The lowest BCUT2D eigenvalue weighted by atomic mass is 10.2. The van der Waals surface area contributed by atoms with E-state index in [9.17, 15) is 4.79 Å². The van der Waals surface area contributed by atoms with E-state index in [1.54, 1.807) is 11.9 Å². The molecule has 3 N–H and O–H groups in total. The Kier molecular flexibility index (Phi) is 6.21. The molecule has 1 radical (unpaired) electrons. The molecule has 1 aliphatic carbocycles. The molecule has 0 atom stereocenters. The average Bonchev–Trinajstić information content (AvgIpc) is 3.35. The number of nitrogens with one attached hydrogen (secondary N) is 3. The number of amides is 1. The summed E-state index contributed by atoms with van der Waals surface area (Å²) < 4.78 is 2.13. The molecular weight excluding hydrogens is 436 g/mol. The Morgan fingerprint density at radius 2 is 2.12 bits per heavy atom. The maximum absolute atomic E-state index is 12.3. The lowest BCUT2D eigenvalue weighted by Gasteiger charge is -2.24. The second kappa shape index (κ2) is 9.42. The van der Waals surface area contributed by atoms with Crippen molar-refractivity contribution >= 4 is 29.5 Å². The van der Waals surface area contributed by atoms with Gasteiger partial charge >= 0.3 is 0 Å². The molecule has 3 heterocycles. The Bertz CT molecular complexity index is 1100. The van der Waals surface area contributed by atoms with Gasteiger partial charge in [0.2, 0.25) is 0 Å². The van der Waals surface area contributed by atoms with Crippen LogP contribution < -0.4 is 15.5 Å². The molecule has 171 valence electrons. The third kappa shape index (κ3) is 5.29. The number of amidine groups is 1. The number of aromatic nitrogens is 2. The summed E-state index contributed by atoms with van der Waals surface area (Å²) in [5.41, 5.74) is 1.85. The fraction of sp³-hybridized carbons (Fsp3) is 0.348. The summed E-state index contributed by atoms with van der Waals surface area (Å²) in [4.78, 5) is 22.0. The third-order valence-corrected chi connectivity index (χ3v) is 6.55. The number of hydrogen-bond acceptors (Lipinski definition) is 8. The van der Waals surface area contributed by atoms with E-state index in [1.807, 2.05) is 60.6 Å². The third-order valence-electron chi connectivity index (χ3n) is 5.60. The molecule has 1 amide bonds. The van der Waals surface area contributed by atoms with Crippen molar-refractivity contribution in [1.82, 2.24) is 29.6 Å². The van der Waals surface area contributed by atoms with Gasteiger partial charge in [0.15, 0.2) is 12.0 Å². The zero-order valence-electron chi connectivity index (χ0n) is 18.8. The van der Waals surface area contributed by atoms with Crippen molar-refractivity contribution in [3.8, 4) is 0 Å². The predicted octanol–water partition coefficient (Wildman–Crippen LogP) is 2.84. The van der Waals surface area contributed by atoms with Gasteiger partial charge in [-0.05, 0) is 68.1 Å². The number of carbonyl (C=O) groups is 1. The Morgan fingerprint density at radius 1 is 1.30 bits per heavy atom. The molecular formula is C23H28N8OS+. The first-order valence-electron chi connectivity index (χ1n) is 11.1. The van der Waals surface area contributed by atoms with Crippen molar-refractivity contribution in [2.24, 2.45) is 4.99 Å². The van der Waals surface area contributed by atoms with Gasteiger partial charge in [0.25, 0.3) is 17.6 Å². The fourth-order valence-electron chi connectivity index (χ4n) is 3.64. The molecule has 10 heteroatoms. The monoisotopic (exact) mass is 464 g/mol. The summed E-state index contributed by atoms with van der Waals surface area (Å²) in [6, 6.07) is 9.77. The van der Waals surface area contributed by atoms with Crippen LogP contribution >= 0.6 is 11.9 Å². The van der Waals surface area contributed by atoms with Crippen LogP contribution in [0.3, 0.4) is 0 Å². The minimum atomic E-state index is -0.0515. The van der Waals surface area contributed by atoms with Crippen molar-refractivity contribution in [2.45, 2.75) is 23.7 Å². The summed E-state index contributed by atoms with van der Waals surface area (Å²) in [5.74, 6) is 3.22. The Hall–Kier alpha value is -3.08. The van der Waals surface area contributed by atoms with Crippen LogP contribution in [0.15, 0.2) is 64.6 Å². The van der Waals surface area contributed by atoms with E-state index < -0.39 is 0 Å². The van der Waals surface area contributed by atoms with E-state index in [0.717, 1.165) is 28.9 Å². The molecule has 3 aliphatic rings. The number of aliphatic imine (C=N–C) groups is 1. The predicted molar refractivity (Wildman–Crippen MR) is 131 cm³/mol. The van der Waals surface area contributed by atoms with E-state index in [0.29, 0.717) is 24.6 Å². The maximum atomic E-state index is 12.3. The molecule has 9 nitrogen and oxygen atoms in total. The number of anilines is 1. The lowest BCUT2D eigenvalue weighted by Crippen LogP contribution is -2.42. The number of fused-ring (bicyclic) bond motifs is 1. The maximum Gasteiger partial charge on any atom is 0.285 e. The number of hydrogen-bond donors (Lipinski definition) is 3. The Labute approximate surface area is 197 Å². The van der Waals surface area contributed by atoms with Crippen LogP contribution in [0.5, 0.6) is 0 Å². The molecule has 0 saturated heterocycles. The van der Waals surface area contributed by atoms with E-state index in [-0.39, 0.29) is 5.91 Å². The second-order valence-electron chi connectivity index (χ2n) is 8.59. The summed E-state index contributed by atoms with van der Waals surface area (Å²) in [6.45, 7) is 2.11. The van der Waals surface area contributed by atoms with Crippen molar-refractivity contribution in [2.75, 3.05) is 39.0 Å². The van der Waals surface area contributed by atoms with Crippen LogP contribution in [0.2, 0.25) is 0 Å². The smallest absolute Gasteiger partial charge is 0.285 e. The van der Waals surface area contributed by atoms with E-state index in [2.05, 4.69) is 42.4 Å². The van der Waals surface area contributed by atoms with Gasteiger partial charge in [-0.25, -0.2) is 0 Å². The average molecular weight is 465 g/mol. The molecule has 0 bridgehead atoms. The van der Waals surface area contributed by atoms with Gasteiger partial charge in [-0.3, -0.25) is 19.5 Å². The van der Waals surface area contributed by atoms with Crippen LogP contribution in [-0.2, 0) is 0 Å². The first-order valence-corrected chi connectivity index (χ1v) is 11.9. The molecule has 1 aromatic carbocycles. The highest BCUT2D eigenvalue weighted by molar-refractivity contribution is 7.97. The minimum absolute atomic E-state index is 0.0515. The number of carbonyl (C=O) groups excluding carboxylic acids is 1. The number of likely N-dealkylation sites (N-methyl/N-ethyl adjacent to an activating group) is 1. The van der Waals surface area contributed by atoms with E-state index >= 15 is 0 Å². The van der Waals surface area contributed by atoms with E-state index in [4.69, 9.17) is 0 Å². The topological polar surface area (TPSA) is 94.6 Å². The molecule has 5 rings (SSSR count). The summed E-state index contributed by atoms with van der Waals surface area (Å²) in [6.07, 6.45) is 8.29. The van der Waals surface area contributed by atoms with Gasteiger partial charge in [0.05, 0.1) is 12.4 Å². The molecule has 1 saturated carbocycles. The summed E-state index contributed by atoms with van der Waals surface area (Å²) in [7, 11) is 3.97. The number of H-pyrrole nitrogens is 1. The molecule has 0 unspecified atom stereocenters. The van der Waals surface area contributed by atoms with Crippen LogP contribution in [0, 0.1) is 0 Å². The zero-order chi connectivity index (χ0) is 22.8. The van der Waals surface area contributed by atoms with Crippen molar-refractivity contribution in [1.29, 1.82) is 0 Å². The van der Waals surface area contributed by atoms with E-state index in [1.165, 1.54) is 18.5 Å². The molecule has 2 aromatic rings. The number of aromatic amines is 1. The second-order valence-corrected chi connectivity index (χ2v) is 9.71. The molecule has 1 fully saturated rings. The van der Waals surface area contributed by atoms with Crippen LogP contribution in [0.25, 0.3) is 0 Å². The summed E-state index contributed by atoms with van der Waals surface area (Å²) >= 11 is 1.61. The molecule has 1 aromatic heterocycles. The number of nitrogens with zero attached hydrogens (tertiary/aromatic N) is 5. The van der Waals surface area contributed by atoms with Gasteiger partial charge in [0.1, 0.15) is 6.54 Å². The molecule has 2 aliphatic heterocycles. The number of rotatable bonds is 9. The zero-order valence-corrected chi connectivity index (χ0v) is 19.6.